The minimum atomic E-state index is -0.595. The van der Waals surface area contributed by atoms with Crippen molar-refractivity contribution in [1.29, 1.82) is 0 Å². The molecule has 3 N–H and O–H groups in total. The van der Waals surface area contributed by atoms with Gasteiger partial charge in [0.1, 0.15) is 23.3 Å². The van der Waals surface area contributed by atoms with Gasteiger partial charge in [-0.1, -0.05) is 36.4 Å². The maximum Gasteiger partial charge on any atom is 0.410 e. The van der Waals surface area contributed by atoms with Gasteiger partial charge in [-0.3, -0.25) is 9.59 Å². The Hall–Kier alpha value is -5.92. The van der Waals surface area contributed by atoms with E-state index in [0.717, 1.165) is 88.1 Å². The van der Waals surface area contributed by atoms with Gasteiger partial charge in [-0.15, -0.1) is 0 Å². The number of imidazole rings is 2. The second-order valence-corrected chi connectivity index (χ2v) is 16.8. The first kappa shape index (κ1) is 36.7. The second-order valence-electron chi connectivity index (χ2n) is 16.8. The van der Waals surface area contributed by atoms with E-state index < -0.39 is 17.7 Å². The minimum Gasteiger partial charge on any atom is -0.453 e. The van der Waals surface area contributed by atoms with Crippen LogP contribution in [-0.2, 0) is 19.1 Å². The van der Waals surface area contributed by atoms with Crippen molar-refractivity contribution in [3.63, 3.8) is 0 Å². The van der Waals surface area contributed by atoms with Crippen LogP contribution in [0.1, 0.15) is 83.0 Å². The van der Waals surface area contributed by atoms with Crippen LogP contribution in [-0.4, -0.2) is 103 Å². The number of fused-ring (bicyclic) bond motifs is 3. The number of hydrogen-bond donors (Lipinski definition) is 3. The molecule has 4 atom stereocenters. The molecule has 0 radical (unpaired) electrons. The van der Waals surface area contributed by atoms with Crippen molar-refractivity contribution in [3.05, 3.63) is 72.3 Å². The molecule has 296 valence electrons. The van der Waals surface area contributed by atoms with Gasteiger partial charge >= 0.3 is 12.2 Å². The van der Waals surface area contributed by atoms with Gasteiger partial charge in [0, 0.05) is 25.7 Å². The van der Waals surface area contributed by atoms with E-state index in [4.69, 9.17) is 19.4 Å². The number of aromatic amines is 2. The molecule has 4 saturated heterocycles. The summed E-state index contributed by atoms with van der Waals surface area (Å²) in [7, 11) is 1.30. The zero-order chi connectivity index (χ0) is 39.6. The third-order valence-corrected chi connectivity index (χ3v) is 11.9. The normalized spacial score (nSPS) is 22.5. The van der Waals surface area contributed by atoms with Crippen LogP contribution in [0.15, 0.2) is 60.7 Å². The highest BCUT2D eigenvalue weighted by molar-refractivity contribution is 5.88. The molecule has 57 heavy (non-hydrogen) atoms. The molecule has 0 spiro atoms. The van der Waals surface area contributed by atoms with Gasteiger partial charge in [-0.05, 0) is 106 Å². The number of carbonyl (C=O) groups excluding carboxylic acids is 4. The number of carbonyl (C=O) groups is 4. The Morgan fingerprint density at radius 3 is 1.95 bits per heavy atom. The number of ether oxygens (including phenoxy) is 2. The van der Waals surface area contributed by atoms with E-state index in [-0.39, 0.29) is 42.0 Å². The smallest absolute Gasteiger partial charge is 0.410 e. The van der Waals surface area contributed by atoms with Crippen molar-refractivity contribution in [3.8, 4) is 22.3 Å². The highest BCUT2D eigenvalue weighted by atomic mass is 16.6. The molecule has 4 amide bonds. The van der Waals surface area contributed by atoms with E-state index in [2.05, 4.69) is 63.8 Å². The summed E-state index contributed by atoms with van der Waals surface area (Å²) in [5.41, 5.74) is 7.19. The Balaban J connectivity index is 0.872. The van der Waals surface area contributed by atoms with Gasteiger partial charge in [0.2, 0.25) is 11.8 Å². The first-order valence-corrected chi connectivity index (χ1v) is 20.0. The molecule has 0 aliphatic carbocycles. The van der Waals surface area contributed by atoms with Crippen molar-refractivity contribution >= 4 is 46.1 Å². The number of aromatic nitrogens is 4. The number of amides is 4. The van der Waals surface area contributed by atoms with Gasteiger partial charge in [0.15, 0.2) is 0 Å². The van der Waals surface area contributed by atoms with Gasteiger partial charge in [-0.25, -0.2) is 19.6 Å². The number of nitrogens with zero attached hydrogens (tertiary/aromatic N) is 5. The van der Waals surface area contributed by atoms with Crippen LogP contribution in [0.3, 0.4) is 0 Å². The predicted molar refractivity (Wildman–Crippen MR) is 213 cm³/mol. The van der Waals surface area contributed by atoms with Gasteiger partial charge in [0.25, 0.3) is 0 Å². The monoisotopic (exact) mass is 772 g/mol. The number of methoxy groups -OCH3 is 1. The average Bonchev–Trinajstić information content (AvgIpc) is 3.99. The lowest BCUT2D eigenvalue weighted by atomic mass is 9.98. The van der Waals surface area contributed by atoms with Crippen LogP contribution in [0, 0.1) is 5.92 Å². The molecule has 0 saturated carbocycles. The quantitative estimate of drug-likeness (QED) is 0.169. The van der Waals surface area contributed by atoms with Crippen molar-refractivity contribution < 1.29 is 28.7 Å². The largest absolute Gasteiger partial charge is 0.453 e. The van der Waals surface area contributed by atoms with E-state index in [1.165, 1.54) is 7.11 Å². The summed E-state index contributed by atoms with van der Waals surface area (Å²) in [5, 5.41) is 2.70. The first-order chi connectivity index (χ1) is 27.4. The highest BCUT2D eigenvalue weighted by Gasteiger charge is 2.46. The van der Waals surface area contributed by atoms with Crippen LogP contribution in [0.25, 0.3) is 44.3 Å². The first-order valence-electron chi connectivity index (χ1n) is 20.0. The molecule has 0 unspecified atom stereocenters. The summed E-state index contributed by atoms with van der Waals surface area (Å²) in [5.74, 6) is 1.31. The highest BCUT2D eigenvalue weighted by Crippen LogP contribution is 2.41. The third-order valence-electron chi connectivity index (χ3n) is 11.9. The molecule has 6 heterocycles. The van der Waals surface area contributed by atoms with Crippen LogP contribution in [0.5, 0.6) is 0 Å². The summed E-state index contributed by atoms with van der Waals surface area (Å²) in [6.45, 7) is 6.94. The Morgan fingerprint density at radius 2 is 1.35 bits per heavy atom. The van der Waals surface area contributed by atoms with Crippen LogP contribution >= 0.6 is 0 Å². The molecule has 14 heteroatoms. The Labute approximate surface area is 330 Å². The van der Waals surface area contributed by atoms with Crippen molar-refractivity contribution in [2.24, 2.45) is 5.92 Å². The number of alkyl carbamates (subject to hydrolysis) is 1. The van der Waals surface area contributed by atoms with Crippen LogP contribution < -0.4 is 5.32 Å². The summed E-state index contributed by atoms with van der Waals surface area (Å²) in [6, 6.07) is 20.1. The zero-order valence-corrected chi connectivity index (χ0v) is 32.7. The van der Waals surface area contributed by atoms with E-state index in [1.54, 1.807) is 4.90 Å². The van der Waals surface area contributed by atoms with Gasteiger partial charge in [0.05, 0.1) is 47.2 Å². The Bertz CT molecular complexity index is 2370. The molecule has 4 aliphatic rings. The number of hydrogen-bond acceptors (Lipinski definition) is 8. The molecular weight excluding hydrogens is 725 g/mol. The molecule has 4 fully saturated rings. The fourth-order valence-electron chi connectivity index (χ4n) is 9.01. The van der Waals surface area contributed by atoms with Crippen molar-refractivity contribution in [2.75, 3.05) is 26.7 Å². The average molecular weight is 773 g/mol. The summed E-state index contributed by atoms with van der Waals surface area (Å²) in [4.78, 5) is 73.6. The lowest BCUT2D eigenvalue weighted by Gasteiger charge is -2.41. The fraction of sp³-hybridized carbons (Fsp3) is 0.442. The number of nitrogens with one attached hydrogen (secondary N) is 3. The maximum absolute atomic E-state index is 13.5. The lowest BCUT2D eigenvalue weighted by Crippen LogP contribution is -2.57. The van der Waals surface area contributed by atoms with Crippen LogP contribution in [0.2, 0.25) is 0 Å². The van der Waals surface area contributed by atoms with Crippen molar-refractivity contribution in [1.82, 2.24) is 40.0 Å². The lowest BCUT2D eigenvalue weighted by molar-refractivity contribution is -0.142. The Kier molecular flexibility index (Phi) is 9.16. The maximum atomic E-state index is 13.5. The predicted octanol–water partition coefficient (Wildman–Crippen LogP) is 6.85. The van der Waals surface area contributed by atoms with Gasteiger partial charge < -0.3 is 39.5 Å². The third kappa shape index (κ3) is 6.95. The number of rotatable bonds is 6. The minimum absolute atomic E-state index is 0.0658. The van der Waals surface area contributed by atoms with E-state index in [9.17, 15) is 19.2 Å². The zero-order valence-electron chi connectivity index (χ0n) is 32.7. The summed E-state index contributed by atoms with van der Waals surface area (Å²) >= 11 is 0. The summed E-state index contributed by atoms with van der Waals surface area (Å²) < 4.78 is 10.2. The SMILES string of the molecule is COC(=O)N[C@H]1CC[C@H]2CC[C@@H](c3nc4ccc(-c5ccc(-c6ccc7nc([C@@H]8CCCN8C(=O)C8CN(C(=O)OC(C)(C)C)C8)[nH]c7c6)cc5)cc4[nH]3)N2C1=O. The fourth-order valence-corrected chi connectivity index (χ4v) is 9.01. The topological polar surface area (TPSA) is 166 Å². The Morgan fingerprint density at radius 1 is 0.772 bits per heavy atom. The molecule has 9 rings (SSSR count). The molecule has 4 aliphatic heterocycles. The van der Waals surface area contributed by atoms with E-state index >= 15 is 0 Å². The van der Waals surface area contributed by atoms with Crippen LogP contribution in [0.4, 0.5) is 9.59 Å². The summed E-state index contributed by atoms with van der Waals surface area (Å²) in [6.07, 6.45) is 3.93. The van der Waals surface area contributed by atoms with Gasteiger partial charge in [-0.2, -0.15) is 0 Å². The second kappa shape index (κ2) is 14.2. The number of likely N-dealkylation sites (tertiary alicyclic amines) is 2. The van der Waals surface area contributed by atoms with Crippen molar-refractivity contribution in [2.45, 2.75) is 89.1 Å². The number of benzene rings is 3. The molecule has 3 aromatic carbocycles. The molecule has 2 aromatic heterocycles. The molecule has 14 nitrogen and oxygen atoms in total. The number of piperidine rings is 1. The number of H-pyrrole nitrogens is 2. The standard InChI is InChI=1S/C43H48N8O6/c1-43(2,3)57-42(55)49-22-28(23-49)39(52)50-19-5-6-35(50)37-44-30-15-11-26(20-33(30)46-37)24-7-9-25(10-8-24)27-12-16-31-34(21-27)47-38(45-31)36-18-14-29-13-17-32(40(53)51(29)36)48-41(54)56-4/h7-12,15-16,20-21,28-29,32,35-36H,5-6,13-14,17-19,22-23H2,1-4H3,(H,44,46)(H,45,47)(H,48,54)/t29-,32-,35-,36-/m0/s1. The van der Waals surface area contributed by atoms with E-state index in [1.807, 2.05) is 42.7 Å². The molecule has 0 bridgehead atoms. The van der Waals surface area contributed by atoms with E-state index in [0.29, 0.717) is 26.1 Å². The molecular formula is C43H48N8O6. The molecule has 5 aromatic rings.